The number of carbonyl (C=O) groups is 1. The number of aliphatic hydroxyl groups excluding tert-OH is 1. The Morgan fingerprint density at radius 2 is 1.36 bits per heavy atom. The number of aliphatic hydroxyl groups is 1. The van der Waals surface area contributed by atoms with Crippen molar-refractivity contribution in [3.63, 3.8) is 0 Å². The van der Waals surface area contributed by atoms with Crippen LogP contribution < -0.4 is 0 Å². The fourth-order valence-corrected chi connectivity index (χ4v) is 32.4. The quantitative estimate of drug-likeness (QED) is 0.0346. The molecule has 9 heteroatoms. The Labute approximate surface area is 382 Å². The second-order valence-corrected chi connectivity index (χ2v) is 44.8. The number of hydrogen-bond acceptors (Lipinski definition) is 6. The van der Waals surface area contributed by atoms with Crippen molar-refractivity contribution in [2.75, 3.05) is 0 Å². The molecule has 1 aliphatic heterocycles. The van der Waals surface area contributed by atoms with E-state index in [1.807, 2.05) is 25.1 Å². The summed E-state index contributed by atoms with van der Waals surface area (Å²) in [6.07, 6.45) is 12.8. The Morgan fingerprint density at radius 3 is 1.82 bits per heavy atom. The Hall–Kier alpha value is -1.02. The number of epoxide rings is 1. The van der Waals surface area contributed by atoms with E-state index in [9.17, 15) is 9.90 Å². The molecule has 2 rings (SSSR count). The van der Waals surface area contributed by atoms with E-state index in [1.54, 1.807) is 12.1 Å². The van der Waals surface area contributed by atoms with E-state index in [-0.39, 0.29) is 41.8 Å². The first-order chi connectivity index (χ1) is 28.6. The van der Waals surface area contributed by atoms with Crippen LogP contribution in [0.1, 0.15) is 171 Å². The molecule has 0 unspecified atom stereocenters. The zero-order valence-corrected chi connectivity index (χ0v) is 46.9. The van der Waals surface area contributed by atoms with Gasteiger partial charge < -0.3 is 4.43 Å². The van der Waals surface area contributed by atoms with Gasteiger partial charge in [0.25, 0.3) is 0 Å². The molecule has 0 aromatic heterocycles. The summed E-state index contributed by atoms with van der Waals surface area (Å²) < 4.78 is 33.1. The van der Waals surface area contributed by atoms with Crippen molar-refractivity contribution in [2.45, 2.75) is 245 Å². The van der Waals surface area contributed by atoms with Crippen LogP contribution in [0.15, 0.2) is 64.8 Å². The molecule has 1 aliphatic rings. The first-order valence-electron chi connectivity index (χ1n) is 24.5. The van der Waals surface area contributed by atoms with E-state index in [0.29, 0.717) is 40.6 Å². The van der Waals surface area contributed by atoms with Gasteiger partial charge in [-0.1, -0.05) is 51.1 Å². The van der Waals surface area contributed by atoms with Crippen LogP contribution in [0.3, 0.4) is 0 Å². The molecule has 0 bridgehead atoms. The first-order valence-corrected chi connectivity index (χ1v) is 37.0. The van der Waals surface area contributed by atoms with E-state index >= 15 is 0 Å². The molecule has 1 aromatic carbocycles. The van der Waals surface area contributed by atoms with Gasteiger partial charge in [0.15, 0.2) is 8.32 Å². The van der Waals surface area contributed by atoms with Crippen molar-refractivity contribution in [1.29, 1.82) is 0 Å². The van der Waals surface area contributed by atoms with E-state index < -0.39 is 47.2 Å². The molecule has 0 amide bonds. The second-order valence-electron chi connectivity index (χ2n) is 21.0. The fourth-order valence-electron chi connectivity index (χ4n) is 9.63. The summed E-state index contributed by atoms with van der Waals surface area (Å²) in [6, 6.07) is 9.16. The number of hydrogen-bond donors (Lipinski definition) is 1. The van der Waals surface area contributed by atoms with Crippen molar-refractivity contribution in [3.8, 4) is 0 Å². The summed E-state index contributed by atoms with van der Waals surface area (Å²) in [5.74, 6) is -0.384. The third kappa shape index (κ3) is 16.4. The minimum atomic E-state index is -2.82. The van der Waals surface area contributed by atoms with Gasteiger partial charge in [-0.3, -0.25) is 0 Å². The molecule has 6 atom stereocenters. The Bertz CT molecular complexity index is 1440. The molecule has 6 nitrogen and oxygen atoms in total. The van der Waals surface area contributed by atoms with Gasteiger partial charge in [-0.15, -0.1) is 0 Å². The monoisotopic (exact) mass is 991 g/mol. The standard InChI is InChI=1S/C40H67O6Si2.3C4H9.Sn/c1-15-17-24-33(45-47(13,14)40(10,11)12)25-26-35(43-39(42)32-22-19-18-20-23-32)31(9)27-34(41)37-38(44-37)36(21-16-2)46-48(28(3)4,29(5)6)30(7)8;3*1-3-4-2;/h15,17-20,22-23,28-30,33-38,41H,2,9,21,24-27H2,1,3-8,10-14H3;3*1,3-4H2,2H3;/b17-15-;;;;/t33-,34+,35-,36+,37+,38+;;;;/m1..../s1. The number of esters is 1. The van der Waals surface area contributed by atoms with Crippen LogP contribution in [0, 0.1) is 0 Å². The number of unbranched alkanes of at least 4 members (excludes halogenated alkanes) is 3. The average Bonchev–Trinajstić information content (AvgIpc) is 4.00. The summed E-state index contributed by atoms with van der Waals surface area (Å²) in [5.41, 5.74) is 2.48. The number of ether oxygens (including phenoxy) is 2. The van der Waals surface area contributed by atoms with Crippen molar-refractivity contribution in [1.82, 2.24) is 0 Å². The molecule has 0 radical (unpaired) electrons. The van der Waals surface area contributed by atoms with Crippen molar-refractivity contribution in [2.24, 2.45) is 0 Å². The Morgan fingerprint density at radius 1 is 0.836 bits per heavy atom. The van der Waals surface area contributed by atoms with Gasteiger partial charge in [0.1, 0.15) is 0 Å². The molecule has 1 saturated heterocycles. The minimum Gasteiger partial charge on any atom is -0.0622 e. The van der Waals surface area contributed by atoms with E-state index in [0.717, 1.165) is 12.8 Å². The SMILES string of the molecule is C=C(C[C@H](O)[C@@H]1O[C@H]1[C@H](C[C](=C)[Sn]([CH2]CCC)([CH2]CCC)[CH2]CCC)O[Si](C(C)C)(C(C)C)C(C)C)[C@@H](CC[C@@H](C/C=C\C)O[Si](C)(C)C(C)(C)C)OC(=O)c1ccccc1. The summed E-state index contributed by atoms with van der Waals surface area (Å²) in [5, 5.41) is 12.1. The molecule has 0 spiro atoms. The summed E-state index contributed by atoms with van der Waals surface area (Å²) in [4.78, 5) is 13.6. The van der Waals surface area contributed by atoms with Crippen molar-refractivity contribution >= 4 is 41.0 Å². The predicted octanol–water partition coefficient (Wildman–Crippen LogP) is 15.3. The molecule has 1 N–H and O–H groups in total. The maximum atomic E-state index is 13.6. The molecular weight excluding hydrogens is 895 g/mol. The summed E-state index contributed by atoms with van der Waals surface area (Å²) in [6.45, 7) is 44.0. The predicted molar refractivity (Wildman–Crippen MR) is 269 cm³/mol. The van der Waals surface area contributed by atoms with Crippen LogP contribution in [-0.4, -0.2) is 82.7 Å². The molecular formula is C52H94O6Si2Sn. The number of rotatable bonds is 31. The molecule has 1 fully saturated rings. The van der Waals surface area contributed by atoms with Gasteiger partial charge in [0.05, 0.1) is 0 Å². The zero-order chi connectivity index (χ0) is 46.2. The van der Waals surface area contributed by atoms with Crippen molar-refractivity contribution < 1.29 is 28.2 Å². The van der Waals surface area contributed by atoms with Gasteiger partial charge >= 0.3 is 277 Å². The Kier molecular flexibility index (Phi) is 24.1. The second kappa shape index (κ2) is 26.2. The van der Waals surface area contributed by atoms with E-state index in [1.165, 1.54) is 55.4 Å². The van der Waals surface area contributed by atoms with Crippen LogP contribution in [0.2, 0.25) is 48.1 Å². The van der Waals surface area contributed by atoms with Crippen LogP contribution in [0.5, 0.6) is 0 Å². The number of carbonyl (C=O) groups excluding carboxylic acids is 1. The summed E-state index contributed by atoms with van der Waals surface area (Å²) in [7, 11) is -4.38. The minimum absolute atomic E-state index is 0.0216. The first kappa shape index (κ1) is 56.1. The van der Waals surface area contributed by atoms with Gasteiger partial charge in [-0.25, -0.2) is 0 Å². The average molecular weight is 990 g/mol. The maximum absolute atomic E-state index is 13.6. The van der Waals surface area contributed by atoms with Crippen LogP contribution in [-0.2, 0) is 18.3 Å². The third-order valence-corrected chi connectivity index (χ3v) is 41.2. The van der Waals surface area contributed by atoms with Crippen molar-refractivity contribution in [3.05, 3.63) is 70.4 Å². The topological polar surface area (TPSA) is 77.5 Å². The normalized spacial score (nSPS) is 18.5. The van der Waals surface area contributed by atoms with Crippen LogP contribution in [0.25, 0.3) is 0 Å². The summed E-state index contributed by atoms with van der Waals surface area (Å²) >= 11 is -2.82. The third-order valence-electron chi connectivity index (χ3n) is 14.4. The molecule has 61 heavy (non-hydrogen) atoms. The van der Waals surface area contributed by atoms with Gasteiger partial charge in [0.2, 0.25) is 0 Å². The number of benzene rings is 1. The zero-order valence-electron chi connectivity index (χ0n) is 42.0. The molecule has 1 aromatic rings. The van der Waals surface area contributed by atoms with Gasteiger partial charge in [-0.2, -0.15) is 0 Å². The molecule has 0 saturated carbocycles. The molecule has 1 heterocycles. The molecule has 350 valence electrons. The fraction of sp³-hybridized carbons (Fsp3) is 0.750. The van der Waals surface area contributed by atoms with Gasteiger partial charge in [-0.05, 0) is 43.6 Å². The molecule has 0 aliphatic carbocycles. The van der Waals surface area contributed by atoms with E-state index in [4.69, 9.17) is 24.9 Å². The van der Waals surface area contributed by atoms with E-state index in [2.05, 4.69) is 115 Å². The van der Waals surface area contributed by atoms with Crippen LogP contribution >= 0.6 is 0 Å². The number of allylic oxidation sites excluding steroid dienone is 1. The van der Waals surface area contributed by atoms with Crippen LogP contribution in [0.4, 0.5) is 0 Å². The smallest absolute Gasteiger partial charge is 0.0622 e. The Balaban J connectivity index is 2.49. The van der Waals surface area contributed by atoms with Gasteiger partial charge in [0, 0.05) is 0 Å².